The molecule has 0 saturated carbocycles. The van der Waals surface area contributed by atoms with Crippen molar-refractivity contribution in [3.63, 3.8) is 0 Å². The number of hydrogen-bond donors (Lipinski definition) is 2. The van der Waals surface area contributed by atoms with Gasteiger partial charge in [0.05, 0.1) is 13.7 Å². The van der Waals surface area contributed by atoms with E-state index in [0.29, 0.717) is 19.2 Å². The number of guanidine groups is 1. The van der Waals surface area contributed by atoms with Gasteiger partial charge >= 0.3 is 0 Å². The molecule has 0 aromatic heterocycles. The largest absolute Gasteiger partial charge is 0.493 e. The molecule has 0 aliphatic heterocycles. The number of rotatable bonds is 8. The standard InChI is InChI=1S/C23H29N3O2.HI/c1-3-24-23(26-20-11-7-8-12-20)25-16-19-13-14-21(22(15-19)27-2)28-17-18-9-5-4-6-10-18;/h4-10,13-15,20H,3,11-12,16-17H2,1-2H3,(H2,24,25,26);1H. The molecule has 2 aromatic rings. The van der Waals surface area contributed by atoms with E-state index in [-0.39, 0.29) is 24.0 Å². The fourth-order valence-corrected chi connectivity index (χ4v) is 3.08. The second-order valence-corrected chi connectivity index (χ2v) is 6.74. The van der Waals surface area contributed by atoms with Crippen LogP contribution < -0.4 is 20.1 Å². The highest BCUT2D eigenvalue weighted by Crippen LogP contribution is 2.29. The first-order valence-corrected chi connectivity index (χ1v) is 9.82. The molecule has 0 unspecified atom stereocenters. The number of methoxy groups -OCH3 is 1. The molecule has 6 heteroatoms. The van der Waals surface area contributed by atoms with Crippen LogP contribution in [0, 0.1) is 0 Å². The monoisotopic (exact) mass is 507 g/mol. The zero-order chi connectivity index (χ0) is 19.6. The normalized spacial score (nSPS) is 13.7. The molecule has 2 aromatic carbocycles. The molecule has 0 bridgehead atoms. The Kier molecular flexibility index (Phi) is 9.83. The second kappa shape index (κ2) is 12.4. The van der Waals surface area contributed by atoms with Crippen LogP contribution in [0.5, 0.6) is 11.5 Å². The molecule has 0 radical (unpaired) electrons. The molecule has 5 nitrogen and oxygen atoms in total. The second-order valence-electron chi connectivity index (χ2n) is 6.74. The quantitative estimate of drug-likeness (QED) is 0.236. The molecular weight excluding hydrogens is 477 g/mol. The highest BCUT2D eigenvalue weighted by atomic mass is 127. The van der Waals surface area contributed by atoms with Crippen molar-refractivity contribution in [3.8, 4) is 11.5 Å². The maximum atomic E-state index is 5.93. The molecule has 0 amide bonds. The van der Waals surface area contributed by atoms with Crippen LogP contribution in [0.3, 0.4) is 0 Å². The topological polar surface area (TPSA) is 54.9 Å². The Balaban J connectivity index is 0.00000300. The molecule has 2 N–H and O–H groups in total. The van der Waals surface area contributed by atoms with Gasteiger partial charge in [0.2, 0.25) is 0 Å². The number of halogens is 1. The highest BCUT2D eigenvalue weighted by Gasteiger charge is 2.12. The van der Waals surface area contributed by atoms with E-state index in [1.165, 1.54) is 0 Å². The van der Waals surface area contributed by atoms with E-state index in [1.54, 1.807) is 7.11 Å². The van der Waals surface area contributed by atoms with Gasteiger partial charge in [0, 0.05) is 12.6 Å². The minimum atomic E-state index is 0. The first kappa shape index (κ1) is 23.1. The molecule has 3 rings (SSSR count). The third-order valence-corrected chi connectivity index (χ3v) is 4.58. The van der Waals surface area contributed by atoms with Gasteiger partial charge in [0.15, 0.2) is 17.5 Å². The maximum Gasteiger partial charge on any atom is 0.191 e. The molecule has 29 heavy (non-hydrogen) atoms. The van der Waals surface area contributed by atoms with E-state index < -0.39 is 0 Å². The summed E-state index contributed by atoms with van der Waals surface area (Å²) < 4.78 is 11.5. The molecular formula is C23H30IN3O2. The van der Waals surface area contributed by atoms with Crippen LogP contribution in [-0.2, 0) is 13.2 Å². The zero-order valence-corrected chi connectivity index (χ0v) is 19.4. The molecule has 0 fully saturated rings. The Labute approximate surface area is 190 Å². The molecule has 0 heterocycles. The van der Waals surface area contributed by atoms with Crippen LogP contribution in [0.1, 0.15) is 30.9 Å². The first-order chi connectivity index (χ1) is 13.8. The summed E-state index contributed by atoms with van der Waals surface area (Å²) in [6, 6.07) is 16.5. The van der Waals surface area contributed by atoms with Crippen molar-refractivity contribution in [3.05, 3.63) is 71.8 Å². The number of hydrogen-bond acceptors (Lipinski definition) is 3. The first-order valence-electron chi connectivity index (χ1n) is 9.82. The molecule has 0 atom stereocenters. The number of ether oxygens (including phenoxy) is 2. The predicted molar refractivity (Wildman–Crippen MR) is 129 cm³/mol. The lowest BCUT2D eigenvalue weighted by Crippen LogP contribution is -2.42. The lowest BCUT2D eigenvalue weighted by Gasteiger charge is -2.17. The average molecular weight is 507 g/mol. The van der Waals surface area contributed by atoms with Crippen LogP contribution in [0.25, 0.3) is 0 Å². The molecule has 156 valence electrons. The fourth-order valence-electron chi connectivity index (χ4n) is 3.08. The molecule has 0 spiro atoms. The van der Waals surface area contributed by atoms with Crippen molar-refractivity contribution >= 4 is 29.9 Å². The van der Waals surface area contributed by atoms with Gasteiger partial charge in [-0.1, -0.05) is 48.6 Å². The molecule has 1 aliphatic rings. The van der Waals surface area contributed by atoms with Crippen molar-refractivity contribution in [2.75, 3.05) is 13.7 Å². The van der Waals surface area contributed by atoms with E-state index in [2.05, 4.69) is 29.7 Å². The summed E-state index contributed by atoms with van der Waals surface area (Å²) in [6.07, 6.45) is 6.51. The third-order valence-electron chi connectivity index (χ3n) is 4.58. The van der Waals surface area contributed by atoms with E-state index >= 15 is 0 Å². The van der Waals surface area contributed by atoms with E-state index in [4.69, 9.17) is 14.5 Å². The Hall–Kier alpha value is -2.22. The lowest BCUT2D eigenvalue weighted by molar-refractivity contribution is 0.284. The fraction of sp³-hybridized carbons (Fsp3) is 0.348. The van der Waals surface area contributed by atoms with Gasteiger partial charge in [-0.25, -0.2) is 4.99 Å². The van der Waals surface area contributed by atoms with Crippen molar-refractivity contribution < 1.29 is 9.47 Å². The van der Waals surface area contributed by atoms with E-state index in [0.717, 1.165) is 48.0 Å². The highest BCUT2D eigenvalue weighted by molar-refractivity contribution is 14.0. The smallest absolute Gasteiger partial charge is 0.191 e. The molecule has 0 saturated heterocycles. The van der Waals surface area contributed by atoms with Crippen LogP contribution in [0.2, 0.25) is 0 Å². The van der Waals surface area contributed by atoms with E-state index in [9.17, 15) is 0 Å². The van der Waals surface area contributed by atoms with Crippen molar-refractivity contribution in [2.24, 2.45) is 4.99 Å². The number of nitrogens with zero attached hydrogens (tertiary/aromatic N) is 1. The number of nitrogens with one attached hydrogen (secondary N) is 2. The van der Waals surface area contributed by atoms with Crippen LogP contribution in [0.4, 0.5) is 0 Å². The SMILES string of the molecule is CCNC(=NCc1ccc(OCc2ccccc2)c(OC)c1)NC1CC=CC1.I. The lowest BCUT2D eigenvalue weighted by atomic mass is 10.2. The predicted octanol–water partition coefficient (Wildman–Crippen LogP) is 4.67. The van der Waals surface area contributed by atoms with Gasteiger partial charge in [-0.2, -0.15) is 0 Å². The number of aliphatic imine (C=N–C) groups is 1. The van der Waals surface area contributed by atoms with Crippen LogP contribution in [0.15, 0.2) is 65.7 Å². The van der Waals surface area contributed by atoms with Gasteiger partial charge in [-0.05, 0) is 43.0 Å². The van der Waals surface area contributed by atoms with Gasteiger partial charge < -0.3 is 20.1 Å². The Bertz CT molecular complexity index is 801. The minimum absolute atomic E-state index is 0. The van der Waals surface area contributed by atoms with Gasteiger partial charge in [0.25, 0.3) is 0 Å². The Morgan fingerprint density at radius 3 is 2.48 bits per heavy atom. The zero-order valence-electron chi connectivity index (χ0n) is 17.1. The van der Waals surface area contributed by atoms with Gasteiger partial charge in [-0.15, -0.1) is 24.0 Å². The minimum Gasteiger partial charge on any atom is -0.493 e. The van der Waals surface area contributed by atoms with Crippen LogP contribution >= 0.6 is 24.0 Å². The summed E-state index contributed by atoms with van der Waals surface area (Å²) in [7, 11) is 1.66. The summed E-state index contributed by atoms with van der Waals surface area (Å²) >= 11 is 0. The maximum absolute atomic E-state index is 5.93. The summed E-state index contributed by atoms with van der Waals surface area (Å²) in [4.78, 5) is 4.72. The van der Waals surface area contributed by atoms with Crippen molar-refractivity contribution in [2.45, 2.75) is 39.0 Å². The Morgan fingerprint density at radius 2 is 1.79 bits per heavy atom. The third kappa shape index (κ3) is 7.27. The average Bonchev–Trinajstić information content (AvgIpc) is 3.25. The van der Waals surface area contributed by atoms with Crippen molar-refractivity contribution in [1.82, 2.24) is 10.6 Å². The van der Waals surface area contributed by atoms with Crippen molar-refractivity contribution in [1.29, 1.82) is 0 Å². The van der Waals surface area contributed by atoms with Crippen LogP contribution in [-0.4, -0.2) is 25.7 Å². The van der Waals surface area contributed by atoms with E-state index in [1.807, 2.05) is 48.5 Å². The van der Waals surface area contributed by atoms with Gasteiger partial charge in [-0.3, -0.25) is 0 Å². The Morgan fingerprint density at radius 1 is 1.03 bits per heavy atom. The number of benzene rings is 2. The summed E-state index contributed by atoms with van der Waals surface area (Å²) in [5, 5.41) is 6.80. The summed E-state index contributed by atoms with van der Waals surface area (Å²) in [6.45, 7) is 4.00. The van der Waals surface area contributed by atoms with Gasteiger partial charge in [0.1, 0.15) is 6.61 Å². The molecule has 1 aliphatic carbocycles. The summed E-state index contributed by atoms with van der Waals surface area (Å²) in [5.41, 5.74) is 2.20. The summed E-state index contributed by atoms with van der Waals surface area (Å²) in [5.74, 6) is 2.31.